The molecule has 2 rings (SSSR count). The van der Waals surface area contributed by atoms with E-state index in [0.29, 0.717) is 6.54 Å². The molecule has 117 valence electrons. The Hall–Kier alpha value is -1.26. The summed E-state index contributed by atoms with van der Waals surface area (Å²) >= 11 is 0. The van der Waals surface area contributed by atoms with Gasteiger partial charge in [0.2, 0.25) is 0 Å². The van der Waals surface area contributed by atoms with Crippen molar-refractivity contribution in [3.63, 3.8) is 0 Å². The Morgan fingerprint density at radius 1 is 1.05 bits per heavy atom. The van der Waals surface area contributed by atoms with Crippen LogP contribution in [0.4, 0.5) is 10.5 Å². The van der Waals surface area contributed by atoms with Crippen LogP contribution in [0.15, 0.2) is 54.9 Å². The van der Waals surface area contributed by atoms with Gasteiger partial charge in [0.25, 0.3) is 0 Å². The monoisotopic (exact) mass is 375 g/mol. The van der Waals surface area contributed by atoms with Crippen molar-refractivity contribution in [1.82, 2.24) is 10.3 Å². The minimum absolute atomic E-state index is 0. The quantitative estimate of drug-likeness (QED) is 0.788. The van der Waals surface area contributed by atoms with Crippen LogP contribution in [-0.2, 0) is 39.3 Å². The average Bonchev–Trinajstić information content (AvgIpc) is 2.58. The van der Waals surface area contributed by atoms with Gasteiger partial charge >= 0.3 is 6.03 Å². The fourth-order valence-electron chi connectivity index (χ4n) is 1.38. The van der Waals surface area contributed by atoms with Crippen LogP contribution in [0.1, 0.15) is 26.3 Å². The number of carbonyl (C=O) groups is 1. The summed E-state index contributed by atoms with van der Waals surface area (Å²) in [7, 11) is 0. The summed E-state index contributed by atoms with van der Waals surface area (Å²) in [5.41, 5.74) is 1.79. The molecule has 0 saturated carbocycles. The first-order valence-electron chi connectivity index (χ1n) is 7.04. The topological polar surface area (TPSA) is 54.0 Å². The van der Waals surface area contributed by atoms with Gasteiger partial charge in [0, 0.05) is 57.3 Å². The van der Waals surface area contributed by atoms with E-state index in [2.05, 4.69) is 22.5 Å². The number of benzene rings is 1. The van der Waals surface area contributed by atoms with Crippen LogP contribution in [0, 0.1) is 6.92 Å². The molecule has 1 aromatic carbocycles. The molecule has 0 bridgehead atoms. The molecule has 0 fully saturated rings. The third kappa shape index (κ3) is 10.5. The van der Waals surface area contributed by atoms with Crippen molar-refractivity contribution in [1.29, 1.82) is 0 Å². The van der Waals surface area contributed by atoms with E-state index in [1.54, 1.807) is 19.3 Å². The Kier molecular flexibility index (Phi) is 16.9. The van der Waals surface area contributed by atoms with Crippen molar-refractivity contribution in [2.24, 2.45) is 0 Å². The Labute approximate surface area is 159 Å². The van der Waals surface area contributed by atoms with Gasteiger partial charge in [-0.25, -0.2) is 4.79 Å². The van der Waals surface area contributed by atoms with E-state index >= 15 is 0 Å². The third-order valence-corrected chi connectivity index (χ3v) is 2.23. The molecule has 0 aliphatic carbocycles. The van der Waals surface area contributed by atoms with Gasteiger partial charge in [-0.3, -0.25) is 4.98 Å². The Morgan fingerprint density at radius 2 is 1.59 bits per heavy atom. The number of urea groups is 1. The van der Waals surface area contributed by atoms with Gasteiger partial charge in [0.1, 0.15) is 0 Å². The summed E-state index contributed by atoms with van der Waals surface area (Å²) in [6.45, 7) is 9.49. The summed E-state index contributed by atoms with van der Waals surface area (Å²) in [6.07, 6.45) is 3.40. The first-order chi connectivity index (χ1) is 10.3. The second-order valence-corrected chi connectivity index (χ2v) is 3.53. The SMILES string of the molecule is CC.O=C(NCc1ccncc1)Nc1ccccc1.[CH2-]C.[Y]. The summed E-state index contributed by atoms with van der Waals surface area (Å²) in [5.74, 6) is 0. The molecule has 0 aliphatic heterocycles. The molecule has 0 saturated heterocycles. The van der Waals surface area contributed by atoms with Crippen LogP contribution in [0.5, 0.6) is 0 Å². The molecule has 0 spiro atoms. The summed E-state index contributed by atoms with van der Waals surface area (Å²) in [5, 5.41) is 5.52. The average molecular weight is 375 g/mol. The number of para-hydroxylation sites is 1. The van der Waals surface area contributed by atoms with Crippen LogP contribution in [0.3, 0.4) is 0 Å². The first-order valence-corrected chi connectivity index (χ1v) is 7.04. The molecular weight excluding hydrogens is 351 g/mol. The smallest absolute Gasteiger partial charge is 0.319 e. The van der Waals surface area contributed by atoms with Crippen molar-refractivity contribution in [2.45, 2.75) is 27.3 Å². The zero-order valence-electron chi connectivity index (χ0n) is 13.5. The molecule has 2 aromatic rings. The van der Waals surface area contributed by atoms with E-state index in [-0.39, 0.29) is 38.7 Å². The molecule has 0 unspecified atom stereocenters. The number of nitrogens with zero attached hydrogens (tertiary/aromatic N) is 1. The predicted octanol–water partition coefficient (Wildman–Crippen LogP) is 4.27. The second kappa shape index (κ2) is 16.1. The maximum atomic E-state index is 11.5. The number of hydrogen-bond acceptors (Lipinski definition) is 2. The van der Waals surface area contributed by atoms with Gasteiger partial charge in [-0.1, -0.05) is 32.0 Å². The number of nitrogens with one attached hydrogen (secondary N) is 2. The summed E-state index contributed by atoms with van der Waals surface area (Å²) in [4.78, 5) is 15.5. The fourth-order valence-corrected chi connectivity index (χ4v) is 1.38. The zero-order valence-corrected chi connectivity index (χ0v) is 16.4. The molecule has 2 amide bonds. The number of hydrogen-bond donors (Lipinski definition) is 2. The Bertz CT molecular complexity index is 478. The Morgan fingerprint density at radius 3 is 2.14 bits per heavy atom. The van der Waals surface area contributed by atoms with Crippen molar-refractivity contribution in [3.8, 4) is 0 Å². The number of anilines is 1. The van der Waals surface area contributed by atoms with Gasteiger partial charge in [-0.2, -0.15) is 6.92 Å². The maximum absolute atomic E-state index is 11.5. The maximum Gasteiger partial charge on any atom is 0.319 e. The number of aromatic nitrogens is 1. The van der Waals surface area contributed by atoms with Crippen molar-refractivity contribution >= 4 is 11.7 Å². The van der Waals surface area contributed by atoms with E-state index in [1.165, 1.54) is 0 Å². The van der Waals surface area contributed by atoms with Crippen molar-refractivity contribution < 1.29 is 37.5 Å². The predicted molar refractivity (Wildman–Crippen MR) is 88.9 cm³/mol. The van der Waals surface area contributed by atoms with Gasteiger partial charge in [-0.15, -0.1) is 0 Å². The Balaban J connectivity index is 0. The van der Waals surface area contributed by atoms with E-state index in [0.717, 1.165) is 11.3 Å². The van der Waals surface area contributed by atoms with E-state index in [4.69, 9.17) is 0 Å². The molecule has 22 heavy (non-hydrogen) atoms. The van der Waals surface area contributed by atoms with E-state index < -0.39 is 0 Å². The summed E-state index contributed by atoms with van der Waals surface area (Å²) in [6, 6.07) is 12.8. The molecule has 0 aliphatic rings. The van der Waals surface area contributed by atoms with Crippen molar-refractivity contribution in [2.75, 3.05) is 5.32 Å². The van der Waals surface area contributed by atoms with E-state index in [1.807, 2.05) is 56.3 Å². The molecule has 4 nitrogen and oxygen atoms in total. The molecule has 5 heteroatoms. The van der Waals surface area contributed by atoms with Crippen LogP contribution in [0.25, 0.3) is 0 Å². The van der Waals surface area contributed by atoms with Crippen LogP contribution in [-0.4, -0.2) is 11.0 Å². The third-order valence-electron chi connectivity index (χ3n) is 2.23. The molecular formula is C17H24N3OY-. The van der Waals surface area contributed by atoms with Crippen LogP contribution in [0.2, 0.25) is 0 Å². The number of amides is 2. The van der Waals surface area contributed by atoms with Gasteiger partial charge in [-0.05, 0) is 29.8 Å². The van der Waals surface area contributed by atoms with E-state index in [9.17, 15) is 4.79 Å². The first kappa shape index (κ1) is 23.0. The van der Waals surface area contributed by atoms with Gasteiger partial charge in [0.05, 0.1) is 0 Å². The molecule has 0 atom stereocenters. The van der Waals surface area contributed by atoms with Gasteiger partial charge < -0.3 is 17.6 Å². The van der Waals surface area contributed by atoms with Crippen LogP contribution >= 0.6 is 0 Å². The largest absolute Gasteiger partial charge is 0.346 e. The summed E-state index contributed by atoms with van der Waals surface area (Å²) < 4.78 is 0. The normalized spacial score (nSPS) is 8.00. The van der Waals surface area contributed by atoms with Gasteiger partial charge in [0.15, 0.2) is 0 Å². The number of rotatable bonds is 3. The minimum Gasteiger partial charge on any atom is -0.346 e. The minimum atomic E-state index is -0.215. The second-order valence-electron chi connectivity index (χ2n) is 3.53. The number of pyridine rings is 1. The molecule has 2 N–H and O–H groups in total. The fraction of sp³-hybridized carbons (Fsp3) is 0.235. The molecule has 1 heterocycles. The zero-order chi connectivity index (χ0) is 15.9. The molecule has 1 aromatic heterocycles. The standard InChI is InChI=1S/C13H13N3O.C2H6.C2H5.Y/c17-13(16-12-4-2-1-3-5-12)15-10-11-6-8-14-9-7-11;2*1-2;/h1-9H,10H2,(H2,15,16,17);1-2H3;1H2,2H3;/q;;-1;. The number of carbonyl (C=O) groups excluding carboxylic acids is 1. The van der Waals surface area contributed by atoms with Crippen LogP contribution < -0.4 is 10.6 Å². The van der Waals surface area contributed by atoms with Crippen molar-refractivity contribution in [3.05, 3.63) is 67.3 Å². The molecule has 1 radical (unpaired) electrons.